The Hall–Kier alpha value is -3.26. The first-order valence-corrected chi connectivity index (χ1v) is 10.1. The molecule has 0 radical (unpaired) electrons. The molecule has 154 valence electrons. The molecule has 3 heterocycles. The fourth-order valence-electron chi connectivity index (χ4n) is 3.75. The first-order chi connectivity index (χ1) is 14.5. The van der Waals surface area contributed by atoms with Crippen molar-refractivity contribution in [2.45, 2.75) is 18.5 Å². The van der Waals surface area contributed by atoms with E-state index < -0.39 is 5.82 Å². The van der Waals surface area contributed by atoms with Crippen molar-refractivity contribution in [1.82, 2.24) is 19.8 Å². The Kier molecular flexibility index (Phi) is 5.76. The van der Waals surface area contributed by atoms with Crippen LogP contribution in [0.2, 0.25) is 0 Å². The van der Waals surface area contributed by atoms with Gasteiger partial charge in [0, 0.05) is 38.1 Å². The number of hydrogen-bond acceptors (Lipinski definition) is 3. The lowest BCUT2D eigenvalue weighted by molar-refractivity contribution is -0.116. The molecule has 2 atom stereocenters. The summed E-state index contributed by atoms with van der Waals surface area (Å²) in [5, 5.41) is 6.55. The minimum Gasteiger partial charge on any atom is -0.353 e. The molecule has 3 aromatic rings. The van der Waals surface area contributed by atoms with Crippen LogP contribution < -0.4 is 10.6 Å². The van der Waals surface area contributed by atoms with E-state index in [1.807, 2.05) is 53.0 Å². The second-order valence-electron chi connectivity index (χ2n) is 7.14. The molecule has 6 nitrogen and oxygen atoms in total. The normalized spacial score (nSPS) is 18.3. The van der Waals surface area contributed by atoms with Gasteiger partial charge in [0.2, 0.25) is 5.91 Å². The summed E-state index contributed by atoms with van der Waals surface area (Å²) in [7, 11) is 1.98. The predicted octanol–water partition coefficient (Wildman–Crippen LogP) is 3.56. The zero-order valence-corrected chi connectivity index (χ0v) is 17.3. The van der Waals surface area contributed by atoms with Crippen LogP contribution in [0, 0.1) is 5.82 Å². The van der Waals surface area contributed by atoms with E-state index in [4.69, 9.17) is 12.2 Å². The van der Waals surface area contributed by atoms with Gasteiger partial charge < -0.3 is 20.1 Å². The molecule has 1 aromatic carbocycles. The van der Waals surface area contributed by atoms with Gasteiger partial charge >= 0.3 is 0 Å². The Morgan fingerprint density at radius 2 is 2.00 bits per heavy atom. The van der Waals surface area contributed by atoms with Crippen LogP contribution in [0.15, 0.2) is 67.0 Å². The van der Waals surface area contributed by atoms with E-state index >= 15 is 0 Å². The van der Waals surface area contributed by atoms with E-state index in [1.165, 1.54) is 6.07 Å². The summed E-state index contributed by atoms with van der Waals surface area (Å²) in [5.74, 6) is -0.726. The number of carbonyl (C=O) groups is 1. The smallest absolute Gasteiger partial charge is 0.226 e. The van der Waals surface area contributed by atoms with Crippen LogP contribution in [-0.2, 0) is 11.8 Å². The number of aryl methyl sites for hydroxylation is 1. The van der Waals surface area contributed by atoms with Gasteiger partial charge in [-0.15, -0.1) is 0 Å². The molecule has 30 heavy (non-hydrogen) atoms. The maximum absolute atomic E-state index is 13.8. The summed E-state index contributed by atoms with van der Waals surface area (Å²) in [6, 6.07) is 15.7. The number of hydrogen-bond donors (Lipinski definition) is 2. The average Bonchev–Trinajstić information content (AvgIpc) is 3.31. The third kappa shape index (κ3) is 4.04. The number of amides is 1. The zero-order valence-electron chi connectivity index (χ0n) is 16.5. The fraction of sp³-hybridized carbons (Fsp3) is 0.227. The van der Waals surface area contributed by atoms with Crippen LogP contribution in [0.3, 0.4) is 0 Å². The van der Waals surface area contributed by atoms with Gasteiger partial charge in [-0.25, -0.2) is 4.39 Å². The van der Waals surface area contributed by atoms with Gasteiger partial charge in [-0.1, -0.05) is 18.2 Å². The number of nitrogens with one attached hydrogen (secondary N) is 2. The molecule has 0 aliphatic carbocycles. The quantitative estimate of drug-likeness (QED) is 0.594. The number of thiocarbonyl (C=S) groups is 1. The van der Waals surface area contributed by atoms with Crippen LogP contribution in [0.4, 0.5) is 10.1 Å². The first-order valence-electron chi connectivity index (χ1n) is 9.68. The summed E-state index contributed by atoms with van der Waals surface area (Å²) in [6.07, 6.45) is 3.91. The number of para-hydroxylation sites is 1. The molecular formula is C22H22FN5OS. The van der Waals surface area contributed by atoms with Crippen molar-refractivity contribution in [2.24, 2.45) is 7.05 Å². The highest BCUT2D eigenvalue weighted by Gasteiger charge is 2.40. The fourth-order valence-corrected chi connectivity index (χ4v) is 4.08. The number of aromatic nitrogens is 2. The summed E-state index contributed by atoms with van der Waals surface area (Å²) in [5.41, 5.74) is 2.12. The number of benzene rings is 1. The Balaban J connectivity index is 1.53. The highest BCUT2D eigenvalue weighted by atomic mass is 32.1. The van der Waals surface area contributed by atoms with Gasteiger partial charge in [0.05, 0.1) is 23.5 Å². The molecule has 8 heteroatoms. The van der Waals surface area contributed by atoms with E-state index in [0.29, 0.717) is 11.7 Å². The molecular weight excluding hydrogens is 401 g/mol. The van der Waals surface area contributed by atoms with Crippen molar-refractivity contribution in [3.05, 3.63) is 84.2 Å². The molecule has 1 amide bonds. The van der Waals surface area contributed by atoms with E-state index in [9.17, 15) is 9.18 Å². The molecule has 0 bridgehead atoms. The Morgan fingerprint density at radius 3 is 2.70 bits per heavy atom. The Bertz CT molecular complexity index is 1050. The number of anilines is 1. The van der Waals surface area contributed by atoms with Crippen molar-refractivity contribution in [3.8, 4) is 0 Å². The Morgan fingerprint density at radius 1 is 1.20 bits per heavy atom. The average molecular weight is 424 g/mol. The number of pyridine rings is 1. The number of halogens is 1. The second-order valence-corrected chi connectivity index (χ2v) is 7.53. The lowest BCUT2D eigenvalue weighted by atomic mass is 10.0. The maximum atomic E-state index is 13.8. The van der Waals surface area contributed by atoms with Gasteiger partial charge in [0.1, 0.15) is 5.82 Å². The molecule has 0 spiro atoms. The molecule has 1 fully saturated rings. The van der Waals surface area contributed by atoms with Crippen LogP contribution in [0.1, 0.15) is 29.9 Å². The first kappa shape index (κ1) is 20.0. The van der Waals surface area contributed by atoms with Gasteiger partial charge in [-0.3, -0.25) is 9.78 Å². The molecule has 0 unspecified atom stereocenters. The molecule has 1 aliphatic rings. The van der Waals surface area contributed by atoms with Gasteiger partial charge in [-0.2, -0.15) is 0 Å². The van der Waals surface area contributed by atoms with Crippen LogP contribution in [-0.4, -0.2) is 32.0 Å². The SMILES string of the molecule is Cn1cccc1[C@@H]1[C@@H](c2ccccn2)NC(=S)N1CCC(=O)Nc1ccccc1F. The summed E-state index contributed by atoms with van der Waals surface area (Å²) in [6.45, 7) is 0.394. The molecule has 4 rings (SSSR count). The minimum absolute atomic E-state index is 0.117. The lowest BCUT2D eigenvalue weighted by Crippen LogP contribution is -2.33. The lowest BCUT2D eigenvalue weighted by Gasteiger charge is -2.28. The van der Waals surface area contributed by atoms with E-state index in [2.05, 4.69) is 15.6 Å². The zero-order chi connectivity index (χ0) is 21.1. The highest BCUT2D eigenvalue weighted by molar-refractivity contribution is 7.80. The van der Waals surface area contributed by atoms with Crippen molar-refractivity contribution < 1.29 is 9.18 Å². The van der Waals surface area contributed by atoms with Crippen molar-refractivity contribution >= 4 is 28.9 Å². The number of rotatable bonds is 6. The highest BCUT2D eigenvalue weighted by Crippen LogP contribution is 2.38. The van der Waals surface area contributed by atoms with Gasteiger partial charge in [-0.05, 0) is 48.6 Å². The third-order valence-corrected chi connectivity index (χ3v) is 5.56. The number of carbonyl (C=O) groups excluding carboxylic acids is 1. The molecule has 2 N–H and O–H groups in total. The largest absolute Gasteiger partial charge is 0.353 e. The Labute approximate surface area is 179 Å². The summed E-state index contributed by atoms with van der Waals surface area (Å²) < 4.78 is 15.9. The van der Waals surface area contributed by atoms with E-state index in [0.717, 1.165) is 11.4 Å². The van der Waals surface area contributed by atoms with E-state index in [1.54, 1.807) is 24.4 Å². The molecule has 1 aliphatic heterocycles. The molecule has 0 saturated carbocycles. The monoisotopic (exact) mass is 423 g/mol. The predicted molar refractivity (Wildman–Crippen MR) is 117 cm³/mol. The summed E-state index contributed by atoms with van der Waals surface area (Å²) in [4.78, 5) is 19.0. The van der Waals surface area contributed by atoms with E-state index in [-0.39, 0.29) is 30.1 Å². The third-order valence-electron chi connectivity index (χ3n) is 5.21. The van der Waals surface area contributed by atoms with Crippen molar-refractivity contribution in [2.75, 3.05) is 11.9 Å². The standard InChI is InChI=1S/C22H22FN5OS/c1-27-13-6-10-18(27)21-20(17-9-4-5-12-24-17)26-22(30)28(21)14-11-19(29)25-16-8-3-2-7-15(16)23/h2-10,12-13,20-21H,11,14H2,1H3,(H,25,29)(H,26,30)/t20-,21-/m1/s1. The number of nitrogens with zero attached hydrogens (tertiary/aromatic N) is 3. The summed E-state index contributed by atoms with van der Waals surface area (Å²) >= 11 is 5.60. The molecule has 1 saturated heterocycles. The minimum atomic E-state index is -0.457. The van der Waals surface area contributed by atoms with Crippen molar-refractivity contribution in [3.63, 3.8) is 0 Å². The van der Waals surface area contributed by atoms with Crippen molar-refractivity contribution in [1.29, 1.82) is 0 Å². The molecule has 2 aromatic heterocycles. The van der Waals surface area contributed by atoms with Crippen LogP contribution in [0.25, 0.3) is 0 Å². The maximum Gasteiger partial charge on any atom is 0.226 e. The van der Waals surface area contributed by atoms with Gasteiger partial charge in [0.15, 0.2) is 5.11 Å². The topological polar surface area (TPSA) is 62.2 Å². The van der Waals surface area contributed by atoms with Gasteiger partial charge in [0.25, 0.3) is 0 Å². The second kappa shape index (κ2) is 8.62. The van der Waals surface area contributed by atoms with Crippen LogP contribution >= 0.6 is 12.2 Å². The van der Waals surface area contributed by atoms with Crippen LogP contribution in [0.5, 0.6) is 0 Å².